The zero-order valence-electron chi connectivity index (χ0n) is 8.69. The normalized spacial score (nSPS) is 10.5. The third-order valence-corrected chi connectivity index (χ3v) is 2.14. The third-order valence-electron chi connectivity index (χ3n) is 2.14. The summed E-state index contributed by atoms with van der Waals surface area (Å²) in [7, 11) is 1.36. The SMILES string of the molecule is Cn1nc(C(=O)O)nc1-c1c(F)cccc1F. The lowest BCUT2D eigenvalue weighted by Crippen LogP contribution is -2.00. The van der Waals surface area contributed by atoms with Gasteiger partial charge in [0.25, 0.3) is 5.82 Å². The molecule has 2 rings (SSSR count). The summed E-state index contributed by atoms with van der Waals surface area (Å²) < 4.78 is 27.9. The van der Waals surface area contributed by atoms with Crippen molar-refractivity contribution in [2.24, 2.45) is 7.05 Å². The minimum absolute atomic E-state index is 0.169. The van der Waals surface area contributed by atoms with Crippen LogP contribution in [0.2, 0.25) is 0 Å². The van der Waals surface area contributed by atoms with Crippen LogP contribution in [0.25, 0.3) is 11.4 Å². The molecule has 1 aromatic carbocycles. The lowest BCUT2D eigenvalue weighted by atomic mass is 10.2. The molecular weight excluding hydrogens is 232 g/mol. The lowest BCUT2D eigenvalue weighted by molar-refractivity contribution is 0.0683. The number of carboxylic acid groups (broad SMARTS) is 1. The summed E-state index contributed by atoms with van der Waals surface area (Å²) in [5, 5.41) is 12.2. The Morgan fingerprint density at radius 2 is 1.94 bits per heavy atom. The first kappa shape index (κ1) is 11.2. The molecule has 7 heteroatoms. The molecule has 0 saturated carbocycles. The number of nitrogens with zero attached hydrogens (tertiary/aromatic N) is 3. The Hall–Kier alpha value is -2.31. The Morgan fingerprint density at radius 3 is 2.41 bits per heavy atom. The molecule has 0 spiro atoms. The van der Waals surface area contributed by atoms with Gasteiger partial charge in [-0.3, -0.25) is 0 Å². The fraction of sp³-hybridized carbons (Fsp3) is 0.100. The highest BCUT2D eigenvalue weighted by Gasteiger charge is 2.20. The van der Waals surface area contributed by atoms with Gasteiger partial charge in [0.2, 0.25) is 0 Å². The van der Waals surface area contributed by atoms with Gasteiger partial charge in [0.05, 0.1) is 5.56 Å². The number of hydrogen-bond donors (Lipinski definition) is 1. The standard InChI is InChI=1S/C10H7F2N3O2/c1-15-9(13-8(14-15)10(16)17)7-5(11)3-2-4-6(7)12/h2-4H,1H3,(H,16,17). The Labute approximate surface area is 94.3 Å². The first-order chi connectivity index (χ1) is 8.00. The minimum Gasteiger partial charge on any atom is -0.475 e. The van der Waals surface area contributed by atoms with Crippen molar-refractivity contribution in [3.8, 4) is 11.4 Å². The fourth-order valence-electron chi connectivity index (χ4n) is 1.40. The zero-order valence-corrected chi connectivity index (χ0v) is 8.69. The molecule has 0 saturated heterocycles. The van der Waals surface area contributed by atoms with Gasteiger partial charge in [-0.15, -0.1) is 5.10 Å². The van der Waals surface area contributed by atoms with E-state index in [1.807, 2.05) is 0 Å². The van der Waals surface area contributed by atoms with E-state index in [1.54, 1.807) is 0 Å². The van der Waals surface area contributed by atoms with Crippen LogP contribution in [-0.2, 0) is 7.05 Å². The number of halogens is 2. The van der Waals surface area contributed by atoms with Crippen LogP contribution >= 0.6 is 0 Å². The summed E-state index contributed by atoms with van der Waals surface area (Å²) in [5.74, 6) is -3.68. The highest BCUT2D eigenvalue weighted by molar-refractivity contribution is 5.83. The number of carboxylic acids is 1. The van der Waals surface area contributed by atoms with Gasteiger partial charge in [0, 0.05) is 7.05 Å². The molecule has 17 heavy (non-hydrogen) atoms. The third kappa shape index (κ3) is 1.86. The Kier molecular flexibility index (Phi) is 2.58. The molecular formula is C10H7F2N3O2. The second-order valence-electron chi connectivity index (χ2n) is 3.28. The number of aryl methyl sites for hydroxylation is 1. The van der Waals surface area contributed by atoms with E-state index in [0.717, 1.165) is 16.8 Å². The summed E-state index contributed by atoms with van der Waals surface area (Å²) in [6.07, 6.45) is 0. The van der Waals surface area contributed by atoms with Crippen molar-refractivity contribution in [2.45, 2.75) is 0 Å². The average Bonchev–Trinajstić information content (AvgIpc) is 2.61. The van der Waals surface area contributed by atoms with Crippen LogP contribution in [0.15, 0.2) is 18.2 Å². The van der Waals surface area contributed by atoms with E-state index in [0.29, 0.717) is 0 Å². The van der Waals surface area contributed by atoms with Crippen molar-refractivity contribution in [2.75, 3.05) is 0 Å². The van der Waals surface area contributed by atoms with E-state index in [2.05, 4.69) is 10.1 Å². The molecule has 2 aromatic rings. The molecule has 0 atom stereocenters. The fourth-order valence-corrected chi connectivity index (χ4v) is 1.40. The first-order valence-electron chi connectivity index (χ1n) is 4.59. The van der Waals surface area contributed by atoms with Gasteiger partial charge in [-0.05, 0) is 12.1 Å². The van der Waals surface area contributed by atoms with E-state index in [-0.39, 0.29) is 5.82 Å². The van der Waals surface area contributed by atoms with E-state index in [9.17, 15) is 13.6 Å². The molecule has 1 N–H and O–H groups in total. The van der Waals surface area contributed by atoms with Gasteiger partial charge in [0.1, 0.15) is 11.6 Å². The summed E-state index contributed by atoms with van der Waals surface area (Å²) in [4.78, 5) is 14.2. The molecule has 0 radical (unpaired) electrons. The van der Waals surface area contributed by atoms with Gasteiger partial charge in [-0.1, -0.05) is 6.07 Å². The summed E-state index contributed by atoms with van der Waals surface area (Å²) in [6, 6.07) is 3.34. The number of aromatic carboxylic acids is 1. The van der Waals surface area contributed by atoms with Gasteiger partial charge in [-0.25, -0.2) is 23.2 Å². The number of benzene rings is 1. The van der Waals surface area contributed by atoms with Crippen molar-refractivity contribution >= 4 is 5.97 Å². The van der Waals surface area contributed by atoms with E-state index in [4.69, 9.17) is 5.11 Å². The van der Waals surface area contributed by atoms with Crippen LogP contribution in [0.1, 0.15) is 10.6 Å². The number of hydrogen-bond acceptors (Lipinski definition) is 3. The van der Waals surface area contributed by atoms with Crippen LogP contribution < -0.4 is 0 Å². The smallest absolute Gasteiger partial charge is 0.375 e. The minimum atomic E-state index is -1.36. The molecule has 0 aliphatic heterocycles. The van der Waals surface area contributed by atoms with E-state index < -0.39 is 29.0 Å². The maximum Gasteiger partial charge on any atom is 0.375 e. The van der Waals surface area contributed by atoms with Crippen molar-refractivity contribution in [1.82, 2.24) is 14.8 Å². The quantitative estimate of drug-likeness (QED) is 0.861. The molecule has 0 bridgehead atoms. The van der Waals surface area contributed by atoms with Crippen LogP contribution in [0, 0.1) is 11.6 Å². The van der Waals surface area contributed by atoms with Crippen molar-refractivity contribution in [3.63, 3.8) is 0 Å². The average molecular weight is 239 g/mol. The number of carbonyl (C=O) groups is 1. The second-order valence-corrected chi connectivity index (χ2v) is 3.28. The van der Waals surface area contributed by atoms with Gasteiger partial charge < -0.3 is 5.11 Å². The molecule has 1 aromatic heterocycles. The maximum absolute atomic E-state index is 13.5. The Morgan fingerprint density at radius 1 is 1.35 bits per heavy atom. The van der Waals surface area contributed by atoms with Gasteiger partial charge in [-0.2, -0.15) is 0 Å². The highest BCUT2D eigenvalue weighted by Crippen LogP contribution is 2.23. The molecule has 0 aliphatic carbocycles. The van der Waals surface area contributed by atoms with Crippen LogP contribution in [0.5, 0.6) is 0 Å². The topological polar surface area (TPSA) is 68.0 Å². The Bertz CT molecular complexity index is 575. The van der Waals surface area contributed by atoms with Gasteiger partial charge in [0.15, 0.2) is 5.82 Å². The molecule has 0 unspecified atom stereocenters. The summed E-state index contributed by atoms with van der Waals surface area (Å²) in [5.41, 5.74) is -0.394. The van der Waals surface area contributed by atoms with Crippen molar-refractivity contribution in [3.05, 3.63) is 35.7 Å². The van der Waals surface area contributed by atoms with Gasteiger partial charge >= 0.3 is 5.97 Å². The maximum atomic E-state index is 13.5. The molecule has 0 fully saturated rings. The second kappa shape index (κ2) is 3.93. The summed E-state index contributed by atoms with van der Waals surface area (Å²) >= 11 is 0. The molecule has 5 nitrogen and oxygen atoms in total. The monoisotopic (exact) mass is 239 g/mol. The number of rotatable bonds is 2. The molecule has 1 heterocycles. The highest BCUT2D eigenvalue weighted by atomic mass is 19.1. The number of aromatic nitrogens is 3. The molecule has 0 amide bonds. The van der Waals surface area contributed by atoms with Crippen LogP contribution in [-0.4, -0.2) is 25.8 Å². The lowest BCUT2D eigenvalue weighted by Gasteiger charge is -2.02. The molecule has 0 aliphatic rings. The molecule has 88 valence electrons. The summed E-state index contributed by atoms with van der Waals surface area (Å²) in [6.45, 7) is 0. The largest absolute Gasteiger partial charge is 0.475 e. The zero-order chi connectivity index (χ0) is 12.6. The van der Waals surface area contributed by atoms with Crippen molar-refractivity contribution in [1.29, 1.82) is 0 Å². The van der Waals surface area contributed by atoms with E-state index >= 15 is 0 Å². The predicted octanol–water partition coefficient (Wildman–Crippen LogP) is 1.46. The first-order valence-corrected chi connectivity index (χ1v) is 4.59. The predicted molar refractivity (Wildman–Crippen MR) is 53.3 cm³/mol. The van der Waals surface area contributed by atoms with Crippen LogP contribution in [0.3, 0.4) is 0 Å². The van der Waals surface area contributed by atoms with E-state index in [1.165, 1.54) is 13.1 Å². The Balaban J connectivity index is 2.64. The van der Waals surface area contributed by atoms with Crippen LogP contribution in [0.4, 0.5) is 8.78 Å². The van der Waals surface area contributed by atoms with Crippen molar-refractivity contribution < 1.29 is 18.7 Å².